The maximum atomic E-state index is 14.6. The average Bonchev–Trinajstić information content (AvgIpc) is 3.42. The van der Waals surface area contributed by atoms with Gasteiger partial charge in [-0.15, -0.1) is 11.8 Å². The summed E-state index contributed by atoms with van der Waals surface area (Å²) in [7, 11) is 0. The molecule has 0 spiro atoms. The monoisotopic (exact) mass is 676 g/mol. The molecule has 0 radical (unpaired) electrons. The summed E-state index contributed by atoms with van der Waals surface area (Å²) in [5, 5.41) is 10.6. The second-order valence-electron chi connectivity index (χ2n) is 10.8. The second kappa shape index (κ2) is 14.6. The van der Waals surface area contributed by atoms with Crippen LogP contribution in [0.2, 0.25) is 5.02 Å². The highest BCUT2D eigenvalue weighted by atomic mass is 35.5. The van der Waals surface area contributed by atoms with Crippen LogP contribution in [0.25, 0.3) is 27.9 Å². The van der Waals surface area contributed by atoms with Crippen LogP contribution in [-0.2, 0) is 16.1 Å². The standard InChI is InChI=1S/C38H30ClFN4O3S/c1-2-44-34-14-7-6-11-28(34)29-21-26(17-20-35(29)44)41-36(45)23-48-27-18-15-25(16-19-27)42-38(47)33(22-30-31(39)12-8-13-32(30)40)43-37(46)24-9-4-3-5-10-24/h3-22H,2,23H2,1H3,(H,41,45)(H,42,47)(H,43,46)/b33-22-. The highest BCUT2D eigenvalue weighted by Crippen LogP contribution is 2.31. The van der Waals surface area contributed by atoms with Crippen molar-refractivity contribution in [3.05, 3.63) is 143 Å². The Morgan fingerprint density at radius 3 is 2.25 bits per heavy atom. The number of nitrogens with one attached hydrogen (secondary N) is 3. The predicted octanol–water partition coefficient (Wildman–Crippen LogP) is 8.75. The van der Waals surface area contributed by atoms with E-state index < -0.39 is 17.6 Å². The van der Waals surface area contributed by atoms with Gasteiger partial charge >= 0.3 is 0 Å². The number of fused-ring (bicyclic) bond motifs is 3. The first-order valence-corrected chi connectivity index (χ1v) is 16.5. The van der Waals surface area contributed by atoms with Crippen molar-refractivity contribution in [1.82, 2.24) is 9.88 Å². The van der Waals surface area contributed by atoms with Crippen LogP contribution in [0.4, 0.5) is 15.8 Å². The van der Waals surface area contributed by atoms with E-state index in [0.29, 0.717) is 11.3 Å². The van der Waals surface area contributed by atoms with E-state index in [2.05, 4.69) is 39.6 Å². The zero-order chi connectivity index (χ0) is 33.6. The minimum Gasteiger partial charge on any atom is -0.341 e. The number of halogens is 2. The molecule has 0 atom stereocenters. The molecule has 0 saturated carbocycles. The van der Waals surface area contributed by atoms with E-state index in [1.165, 1.54) is 36.0 Å². The molecule has 0 bridgehead atoms. The Morgan fingerprint density at radius 2 is 1.50 bits per heavy atom. The smallest absolute Gasteiger partial charge is 0.272 e. The first-order chi connectivity index (χ1) is 23.3. The molecule has 0 aliphatic carbocycles. The molecule has 5 aromatic carbocycles. The van der Waals surface area contributed by atoms with Gasteiger partial charge in [-0.05, 0) is 85.8 Å². The lowest BCUT2D eigenvalue weighted by Crippen LogP contribution is -2.30. The lowest BCUT2D eigenvalue weighted by atomic mass is 10.1. The number of hydrogen-bond acceptors (Lipinski definition) is 4. The summed E-state index contributed by atoms with van der Waals surface area (Å²) in [6, 6.07) is 33.6. The molecule has 0 aliphatic heterocycles. The highest BCUT2D eigenvalue weighted by molar-refractivity contribution is 8.00. The topological polar surface area (TPSA) is 92.2 Å². The van der Waals surface area contributed by atoms with E-state index >= 15 is 0 Å². The maximum Gasteiger partial charge on any atom is 0.272 e. The number of carbonyl (C=O) groups excluding carboxylic acids is 3. The van der Waals surface area contributed by atoms with Crippen LogP contribution in [0.15, 0.2) is 126 Å². The number of rotatable bonds is 10. The molecule has 48 heavy (non-hydrogen) atoms. The van der Waals surface area contributed by atoms with E-state index in [4.69, 9.17) is 11.6 Å². The number of benzene rings is 5. The molecule has 0 unspecified atom stereocenters. The van der Waals surface area contributed by atoms with Crippen LogP contribution < -0.4 is 16.0 Å². The number of thioether (sulfide) groups is 1. The maximum absolute atomic E-state index is 14.6. The van der Waals surface area contributed by atoms with Gasteiger partial charge < -0.3 is 20.5 Å². The van der Waals surface area contributed by atoms with Crippen molar-refractivity contribution >= 4 is 80.3 Å². The number of carbonyl (C=O) groups is 3. The van der Waals surface area contributed by atoms with Gasteiger partial charge in [0.1, 0.15) is 11.5 Å². The zero-order valence-electron chi connectivity index (χ0n) is 25.8. The van der Waals surface area contributed by atoms with Crippen LogP contribution in [0, 0.1) is 5.82 Å². The summed E-state index contributed by atoms with van der Waals surface area (Å²) < 4.78 is 16.8. The molecule has 3 N–H and O–H groups in total. The third kappa shape index (κ3) is 7.27. The summed E-state index contributed by atoms with van der Waals surface area (Å²) in [6.45, 7) is 2.96. The van der Waals surface area contributed by atoms with Gasteiger partial charge in [0, 0.05) is 55.7 Å². The number of hydrogen-bond donors (Lipinski definition) is 3. The molecule has 0 fully saturated rings. The van der Waals surface area contributed by atoms with E-state index in [1.54, 1.807) is 54.6 Å². The molecule has 6 rings (SSSR count). The number of para-hydroxylation sites is 1. The first-order valence-electron chi connectivity index (χ1n) is 15.2. The molecule has 10 heteroatoms. The van der Waals surface area contributed by atoms with E-state index in [1.807, 2.05) is 30.3 Å². The van der Waals surface area contributed by atoms with E-state index in [0.717, 1.165) is 38.9 Å². The largest absolute Gasteiger partial charge is 0.341 e. The number of aryl methyl sites for hydroxylation is 1. The van der Waals surface area contributed by atoms with Crippen LogP contribution in [-0.4, -0.2) is 28.0 Å². The predicted molar refractivity (Wildman–Crippen MR) is 193 cm³/mol. The van der Waals surface area contributed by atoms with Crippen molar-refractivity contribution in [2.24, 2.45) is 0 Å². The molecule has 6 aromatic rings. The zero-order valence-corrected chi connectivity index (χ0v) is 27.4. The first kappa shape index (κ1) is 32.6. The lowest BCUT2D eigenvalue weighted by Gasteiger charge is -2.12. The fourth-order valence-corrected chi connectivity index (χ4v) is 6.30. The summed E-state index contributed by atoms with van der Waals surface area (Å²) in [5.74, 6) is -1.81. The molecular formula is C38H30ClFN4O3S. The Hall–Kier alpha value is -5.38. The highest BCUT2D eigenvalue weighted by Gasteiger charge is 2.17. The number of anilines is 2. The third-order valence-electron chi connectivity index (χ3n) is 7.67. The minimum absolute atomic E-state index is 0.0321. The Bertz CT molecular complexity index is 2160. The van der Waals surface area contributed by atoms with Crippen molar-refractivity contribution in [2.75, 3.05) is 16.4 Å². The Balaban J connectivity index is 1.11. The van der Waals surface area contributed by atoms with E-state index in [-0.39, 0.29) is 27.9 Å². The van der Waals surface area contributed by atoms with Gasteiger partial charge in [-0.2, -0.15) is 0 Å². The van der Waals surface area contributed by atoms with Crippen LogP contribution in [0.1, 0.15) is 22.8 Å². The second-order valence-corrected chi connectivity index (χ2v) is 12.3. The van der Waals surface area contributed by atoms with Gasteiger partial charge in [0.2, 0.25) is 5.91 Å². The van der Waals surface area contributed by atoms with Gasteiger partial charge in [0.15, 0.2) is 0 Å². The molecule has 240 valence electrons. The van der Waals surface area contributed by atoms with Crippen molar-refractivity contribution < 1.29 is 18.8 Å². The average molecular weight is 677 g/mol. The van der Waals surface area contributed by atoms with Gasteiger partial charge in [-0.25, -0.2) is 4.39 Å². The molecule has 1 aromatic heterocycles. The molecule has 3 amide bonds. The van der Waals surface area contributed by atoms with Crippen molar-refractivity contribution in [2.45, 2.75) is 18.4 Å². The normalized spacial score (nSPS) is 11.4. The summed E-state index contributed by atoms with van der Waals surface area (Å²) in [6.07, 6.45) is 1.20. The summed E-state index contributed by atoms with van der Waals surface area (Å²) in [4.78, 5) is 39.9. The molecular weight excluding hydrogens is 647 g/mol. The molecule has 0 aliphatic rings. The number of aromatic nitrogens is 1. The molecule has 7 nitrogen and oxygen atoms in total. The molecule has 0 saturated heterocycles. The minimum atomic E-state index is -0.669. The van der Waals surface area contributed by atoms with Crippen LogP contribution >= 0.6 is 23.4 Å². The fraction of sp³-hybridized carbons (Fsp3) is 0.0789. The van der Waals surface area contributed by atoms with Crippen molar-refractivity contribution in [3.63, 3.8) is 0 Å². The Kier molecular flexibility index (Phi) is 9.89. The number of amides is 3. The van der Waals surface area contributed by atoms with Crippen molar-refractivity contribution in [3.8, 4) is 0 Å². The van der Waals surface area contributed by atoms with Crippen LogP contribution in [0.5, 0.6) is 0 Å². The quantitative estimate of drug-likeness (QED) is 0.1000. The lowest BCUT2D eigenvalue weighted by molar-refractivity contribution is -0.114. The molecule has 1 heterocycles. The van der Waals surface area contributed by atoms with Gasteiger partial charge in [0.25, 0.3) is 11.8 Å². The Morgan fingerprint density at radius 1 is 0.792 bits per heavy atom. The third-order valence-corrected chi connectivity index (χ3v) is 9.01. The summed E-state index contributed by atoms with van der Waals surface area (Å²) >= 11 is 7.55. The SMILES string of the molecule is CCn1c2ccccc2c2cc(NC(=O)CSc3ccc(NC(=O)/C(=C/c4c(F)cccc4Cl)NC(=O)c4ccccc4)cc3)ccc21. The van der Waals surface area contributed by atoms with E-state index in [9.17, 15) is 18.8 Å². The van der Waals surface area contributed by atoms with Crippen molar-refractivity contribution in [1.29, 1.82) is 0 Å². The van der Waals surface area contributed by atoms with Gasteiger partial charge in [0.05, 0.1) is 10.8 Å². The Labute approximate surface area is 285 Å². The summed E-state index contributed by atoms with van der Waals surface area (Å²) in [5.41, 5.74) is 3.55. The fourth-order valence-electron chi connectivity index (χ4n) is 5.39. The van der Waals surface area contributed by atoms with Gasteiger partial charge in [-0.3, -0.25) is 14.4 Å². The van der Waals surface area contributed by atoms with Crippen LogP contribution in [0.3, 0.4) is 0 Å². The van der Waals surface area contributed by atoms with Gasteiger partial charge in [-0.1, -0.05) is 54.1 Å². The number of nitrogens with zero attached hydrogens (tertiary/aromatic N) is 1.